The molecule has 1 aliphatic heterocycles. The van der Waals surface area contributed by atoms with E-state index in [1.54, 1.807) is 6.21 Å². The van der Waals surface area contributed by atoms with Crippen LogP contribution in [0.2, 0.25) is 0 Å². The average Bonchev–Trinajstić information content (AvgIpc) is 3.12. The smallest absolute Gasteiger partial charge is 0.302 e. The van der Waals surface area contributed by atoms with Crippen LogP contribution in [-0.2, 0) is 14.3 Å². The van der Waals surface area contributed by atoms with Gasteiger partial charge in [0.2, 0.25) is 5.91 Å². The summed E-state index contributed by atoms with van der Waals surface area (Å²) in [6, 6.07) is 7.90. The van der Waals surface area contributed by atoms with Crippen LogP contribution < -0.4 is 5.32 Å². The second-order valence-corrected chi connectivity index (χ2v) is 6.36. The van der Waals surface area contributed by atoms with Gasteiger partial charge in [0.05, 0.1) is 18.1 Å². The molecular weight excluding hydrogens is 328 g/mol. The molecule has 2 heterocycles. The lowest BCUT2D eigenvalue weighted by atomic mass is 10.2. The maximum atomic E-state index is 11.8. The summed E-state index contributed by atoms with van der Waals surface area (Å²) in [5, 5.41) is 12.0. The third kappa shape index (κ3) is 3.83. The molecule has 0 radical (unpaired) electrons. The highest BCUT2D eigenvalue weighted by molar-refractivity contribution is 8.15. The van der Waals surface area contributed by atoms with Gasteiger partial charge in [-0.1, -0.05) is 30.0 Å². The van der Waals surface area contributed by atoms with Crippen LogP contribution in [0.15, 0.2) is 40.7 Å². The molecule has 0 spiro atoms. The Morgan fingerprint density at radius 3 is 3.08 bits per heavy atom. The van der Waals surface area contributed by atoms with Gasteiger partial charge < -0.3 is 15.0 Å². The lowest BCUT2D eigenvalue weighted by molar-refractivity contribution is -0.141. The Labute approximate surface area is 142 Å². The molecule has 124 valence electrons. The molecule has 2 N–H and O–H groups in total. The van der Waals surface area contributed by atoms with Crippen LogP contribution in [0.25, 0.3) is 10.9 Å². The number of hydrogen-bond donors (Lipinski definition) is 2. The number of rotatable bonds is 5. The van der Waals surface area contributed by atoms with E-state index in [1.807, 2.05) is 30.5 Å². The molecule has 1 aliphatic rings. The first kappa shape index (κ1) is 16.3. The number of aromatic amines is 1. The fourth-order valence-corrected chi connectivity index (χ4v) is 3.20. The summed E-state index contributed by atoms with van der Waals surface area (Å²) < 4.78 is 4.85. The molecule has 1 fully saturated rings. The number of H-pyrrole nitrogens is 1. The van der Waals surface area contributed by atoms with Crippen molar-refractivity contribution in [3.8, 4) is 0 Å². The number of nitrogens with one attached hydrogen (secondary N) is 2. The first-order valence-corrected chi connectivity index (χ1v) is 8.29. The number of carbonyl (C=O) groups is 2. The second-order valence-electron chi connectivity index (χ2n) is 5.16. The lowest BCUT2D eigenvalue weighted by Crippen LogP contribution is -2.25. The van der Waals surface area contributed by atoms with Crippen LogP contribution in [0, 0.1) is 0 Å². The first-order chi connectivity index (χ1) is 11.6. The van der Waals surface area contributed by atoms with Gasteiger partial charge in [0.25, 0.3) is 0 Å². The number of benzene rings is 1. The van der Waals surface area contributed by atoms with Crippen LogP contribution in [0.5, 0.6) is 0 Å². The topological polar surface area (TPSA) is 95.9 Å². The molecule has 1 unspecified atom stereocenters. The zero-order valence-corrected chi connectivity index (χ0v) is 13.8. The number of nitrogens with zero attached hydrogens (tertiary/aromatic N) is 2. The number of thioether (sulfide) groups is 1. The van der Waals surface area contributed by atoms with Gasteiger partial charge in [0, 0.05) is 36.0 Å². The highest BCUT2D eigenvalue weighted by Gasteiger charge is 2.30. The van der Waals surface area contributed by atoms with Crippen molar-refractivity contribution < 1.29 is 14.3 Å². The summed E-state index contributed by atoms with van der Waals surface area (Å²) in [6.07, 6.45) is 3.95. The number of amidine groups is 1. The van der Waals surface area contributed by atoms with Crippen molar-refractivity contribution in [1.29, 1.82) is 0 Å². The van der Waals surface area contributed by atoms with E-state index < -0.39 is 0 Å². The van der Waals surface area contributed by atoms with Crippen molar-refractivity contribution in [2.24, 2.45) is 10.2 Å². The summed E-state index contributed by atoms with van der Waals surface area (Å²) in [5.74, 6) is -0.496. The fraction of sp³-hybridized carbons (Fsp3) is 0.250. The van der Waals surface area contributed by atoms with E-state index >= 15 is 0 Å². The Hall–Kier alpha value is -2.61. The summed E-state index contributed by atoms with van der Waals surface area (Å²) in [6.45, 7) is 1.56. The minimum Gasteiger partial charge on any atom is -0.466 e. The third-order valence-corrected chi connectivity index (χ3v) is 4.57. The van der Waals surface area contributed by atoms with Gasteiger partial charge in [-0.3, -0.25) is 9.59 Å². The number of aromatic nitrogens is 1. The molecule has 24 heavy (non-hydrogen) atoms. The number of hydrogen-bond acceptors (Lipinski definition) is 6. The van der Waals surface area contributed by atoms with Crippen molar-refractivity contribution in [3.05, 3.63) is 36.0 Å². The first-order valence-electron chi connectivity index (χ1n) is 7.41. The molecule has 2 aromatic rings. The molecule has 1 atom stereocenters. The molecule has 8 heteroatoms. The SMILES string of the molecule is CC(=O)OCCC1SC(=NN=Cc2c[nH]c3ccccc23)NC1=O. The standard InChI is InChI=1S/C16H16N4O3S/c1-10(21)23-7-6-14-15(22)19-16(24-14)20-18-9-11-8-17-13-5-3-2-4-12(11)13/h2-5,8-9,14,17H,6-7H2,1H3,(H,19,20,22). The minimum absolute atomic E-state index is 0.145. The Morgan fingerprint density at radius 1 is 1.42 bits per heavy atom. The van der Waals surface area contributed by atoms with Crippen molar-refractivity contribution in [2.75, 3.05) is 6.61 Å². The van der Waals surface area contributed by atoms with E-state index in [4.69, 9.17) is 4.74 Å². The van der Waals surface area contributed by atoms with E-state index in [1.165, 1.54) is 18.7 Å². The maximum Gasteiger partial charge on any atom is 0.302 e. The van der Waals surface area contributed by atoms with Gasteiger partial charge in [-0.15, -0.1) is 5.10 Å². The Balaban J connectivity index is 1.61. The number of ether oxygens (including phenoxy) is 1. The summed E-state index contributed by atoms with van der Waals surface area (Å²) >= 11 is 1.29. The van der Waals surface area contributed by atoms with E-state index in [0.717, 1.165) is 16.5 Å². The third-order valence-electron chi connectivity index (χ3n) is 3.43. The molecule has 7 nitrogen and oxygen atoms in total. The van der Waals surface area contributed by atoms with Gasteiger partial charge in [-0.25, -0.2) is 0 Å². The minimum atomic E-state index is -0.351. The van der Waals surface area contributed by atoms with Crippen LogP contribution in [0.3, 0.4) is 0 Å². The van der Waals surface area contributed by atoms with Crippen molar-refractivity contribution >= 4 is 45.9 Å². The number of esters is 1. The zero-order valence-electron chi connectivity index (χ0n) is 13.0. The Kier molecular flexibility index (Phi) is 4.95. The molecule has 1 saturated heterocycles. The quantitative estimate of drug-likeness (QED) is 0.493. The molecule has 1 aromatic carbocycles. The number of amides is 1. The van der Waals surface area contributed by atoms with E-state index in [0.29, 0.717) is 11.6 Å². The van der Waals surface area contributed by atoms with E-state index in [-0.39, 0.29) is 23.7 Å². The fourth-order valence-electron chi connectivity index (χ4n) is 2.30. The maximum absolute atomic E-state index is 11.8. The summed E-state index contributed by atoms with van der Waals surface area (Å²) in [7, 11) is 0. The molecule has 0 bridgehead atoms. The van der Waals surface area contributed by atoms with Crippen LogP contribution >= 0.6 is 11.8 Å². The van der Waals surface area contributed by atoms with Crippen molar-refractivity contribution in [3.63, 3.8) is 0 Å². The molecule has 0 saturated carbocycles. The monoisotopic (exact) mass is 344 g/mol. The predicted molar refractivity (Wildman–Crippen MR) is 94.1 cm³/mol. The van der Waals surface area contributed by atoms with Gasteiger partial charge in [-0.2, -0.15) is 5.10 Å². The lowest BCUT2D eigenvalue weighted by Gasteiger charge is -2.04. The van der Waals surface area contributed by atoms with Gasteiger partial charge in [0.15, 0.2) is 5.17 Å². The predicted octanol–water partition coefficient (Wildman–Crippen LogP) is 2.04. The van der Waals surface area contributed by atoms with Crippen molar-refractivity contribution in [2.45, 2.75) is 18.6 Å². The Bertz CT molecular complexity index is 828. The van der Waals surface area contributed by atoms with Gasteiger partial charge >= 0.3 is 5.97 Å². The average molecular weight is 344 g/mol. The van der Waals surface area contributed by atoms with Crippen LogP contribution in [0.4, 0.5) is 0 Å². The molecule has 1 amide bonds. The van der Waals surface area contributed by atoms with Crippen molar-refractivity contribution in [1.82, 2.24) is 10.3 Å². The van der Waals surface area contributed by atoms with E-state index in [9.17, 15) is 9.59 Å². The number of para-hydroxylation sites is 1. The van der Waals surface area contributed by atoms with Crippen LogP contribution in [-0.4, -0.2) is 40.1 Å². The van der Waals surface area contributed by atoms with Gasteiger partial charge in [-0.05, 0) is 6.07 Å². The summed E-state index contributed by atoms with van der Waals surface area (Å²) in [4.78, 5) is 25.7. The second kappa shape index (κ2) is 7.31. The summed E-state index contributed by atoms with van der Waals surface area (Å²) in [5.41, 5.74) is 1.95. The number of carbonyl (C=O) groups excluding carboxylic acids is 2. The Morgan fingerprint density at radius 2 is 2.25 bits per heavy atom. The molecular formula is C16H16N4O3S. The molecule has 3 rings (SSSR count). The number of fused-ring (bicyclic) bond motifs is 1. The normalized spacial score (nSPS) is 19.3. The zero-order chi connectivity index (χ0) is 16.9. The molecule has 1 aromatic heterocycles. The highest BCUT2D eigenvalue weighted by Crippen LogP contribution is 2.22. The molecule has 0 aliphatic carbocycles. The van der Waals surface area contributed by atoms with Gasteiger partial charge in [0.1, 0.15) is 0 Å². The largest absolute Gasteiger partial charge is 0.466 e. The highest BCUT2D eigenvalue weighted by atomic mass is 32.2. The van der Waals surface area contributed by atoms with Crippen LogP contribution in [0.1, 0.15) is 18.9 Å². The van der Waals surface area contributed by atoms with E-state index in [2.05, 4.69) is 20.5 Å².